The topological polar surface area (TPSA) is 52.6 Å². The predicted molar refractivity (Wildman–Crippen MR) is 81.9 cm³/mol. The van der Waals surface area contributed by atoms with Crippen molar-refractivity contribution in [2.24, 2.45) is 0 Å². The van der Waals surface area contributed by atoms with Gasteiger partial charge in [0, 0.05) is 19.3 Å². The zero-order valence-corrected chi connectivity index (χ0v) is 12.4. The standard InChI is InChI=1S/C15H18N2O2S/c1-11(18)13-3-5-14(6-4-13)16-15(19)17(2)9-12-7-8-20-10-12/h3-8,10-11,18H,9H2,1-2H3,(H,16,19). The van der Waals surface area contributed by atoms with E-state index in [-0.39, 0.29) is 6.03 Å². The molecule has 1 aromatic heterocycles. The third-order valence-electron chi connectivity index (χ3n) is 2.99. The molecule has 0 fully saturated rings. The molecule has 0 saturated carbocycles. The number of nitrogens with zero attached hydrogens (tertiary/aromatic N) is 1. The highest BCUT2D eigenvalue weighted by Crippen LogP contribution is 2.16. The van der Waals surface area contributed by atoms with Crippen molar-refractivity contribution < 1.29 is 9.90 Å². The quantitative estimate of drug-likeness (QED) is 0.906. The van der Waals surface area contributed by atoms with Gasteiger partial charge in [-0.25, -0.2) is 4.79 Å². The highest BCUT2D eigenvalue weighted by Gasteiger charge is 2.10. The van der Waals surface area contributed by atoms with Crippen LogP contribution in [0.25, 0.3) is 0 Å². The summed E-state index contributed by atoms with van der Waals surface area (Å²) in [7, 11) is 1.76. The molecule has 2 amide bonds. The van der Waals surface area contributed by atoms with Gasteiger partial charge < -0.3 is 15.3 Å². The molecule has 0 aliphatic carbocycles. The lowest BCUT2D eigenvalue weighted by atomic mass is 10.1. The largest absolute Gasteiger partial charge is 0.389 e. The third kappa shape index (κ3) is 3.82. The Balaban J connectivity index is 1.93. The molecule has 2 N–H and O–H groups in total. The summed E-state index contributed by atoms with van der Waals surface area (Å²) in [6.07, 6.45) is -0.499. The van der Waals surface area contributed by atoms with Crippen molar-refractivity contribution in [2.75, 3.05) is 12.4 Å². The lowest BCUT2D eigenvalue weighted by Gasteiger charge is -2.17. The molecule has 0 bridgehead atoms. The fourth-order valence-electron chi connectivity index (χ4n) is 1.79. The molecule has 1 heterocycles. The maximum Gasteiger partial charge on any atom is 0.321 e. The number of thiophene rings is 1. The van der Waals surface area contributed by atoms with Gasteiger partial charge in [-0.1, -0.05) is 12.1 Å². The first kappa shape index (κ1) is 14.6. The molecule has 0 aliphatic heterocycles. The Bertz CT molecular complexity index is 550. The van der Waals surface area contributed by atoms with Crippen molar-refractivity contribution in [3.63, 3.8) is 0 Å². The maximum absolute atomic E-state index is 12.0. The fraction of sp³-hybridized carbons (Fsp3) is 0.267. The van der Waals surface area contributed by atoms with E-state index in [4.69, 9.17) is 0 Å². The van der Waals surface area contributed by atoms with Crippen LogP contribution in [0.4, 0.5) is 10.5 Å². The molecule has 1 aromatic carbocycles. The number of hydrogen-bond acceptors (Lipinski definition) is 3. The van der Waals surface area contributed by atoms with Crippen LogP contribution in [0.1, 0.15) is 24.2 Å². The van der Waals surface area contributed by atoms with Gasteiger partial charge in [-0.3, -0.25) is 0 Å². The Labute approximate surface area is 122 Å². The number of nitrogens with one attached hydrogen (secondary N) is 1. The Kier molecular flexibility index (Phi) is 4.76. The van der Waals surface area contributed by atoms with Crippen LogP contribution < -0.4 is 5.32 Å². The molecule has 2 rings (SSSR count). The molecular formula is C15H18N2O2S. The Morgan fingerprint density at radius 2 is 2.05 bits per heavy atom. The number of urea groups is 1. The van der Waals surface area contributed by atoms with Crippen LogP contribution >= 0.6 is 11.3 Å². The van der Waals surface area contributed by atoms with Crippen LogP contribution in [0.5, 0.6) is 0 Å². The van der Waals surface area contributed by atoms with Gasteiger partial charge in [-0.15, -0.1) is 0 Å². The van der Waals surface area contributed by atoms with Crippen molar-refractivity contribution in [3.8, 4) is 0 Å². The van der Waals surface area contributed by atoms with Gasteiger partial charge >= 0.3 is 6.03 Å². The van der Waals surface area contributed by atoms with E-state index in [0.29, 0.717) is 6.54 Å². The SMILES string of the molecule is CC(O)c1ccc(NC(=O)N(C)Cc2ccsc2)cc1. The number of amides is 2. The Morgan fingerprint density at radius 1 is 1.35 bits per heavy atom. The number of benzene rings is 1. The summed E-state index contributed by atoms with van der Waals surface area (Å²) in [5.74, 6) is 0. The summed E-state index contributed by atoms with van der Waals surface area (Å²) in [4.78, 5) is 13.7. The first-order chi connectivity index (χ1) is 9.56. The molecule has 0 spiro atoms. The van der Waals surface area contributed by atoms with Crippen LogP contribution in [0.3, 0.4) is 0 Å². The second kappa shape index (κ2) is 6.54. The number of hydrogen-bond donors (Lipinski definition) is 2. The minimum absolute atomic E-state index is 0.152. The number of aliphatic hydroxyl groups excluding tert-OH is 1. The summed E-state index contributed by atoms with van der Waals surface area (Å²) in [5.41, 5.74) is 2.67. The highest BCUT2D eigenvalue weighted by atomic mass is 32.1. The van der Waals surface area contributed by atoms with Gasteiger partial charge in [0.15, 0.2) is 0 Å². The van der Waals surface area contributed by atoms with Crippen LogP contribution in [-0.4, -0.2) is 23.1 Å². The molecular weight excluding hydrogens is 272 g/mol. The molecule has 0 aliphatic rings. The average Bonchev–Trinajstić information content (AvgIpc) is 2.92. The summed E-state index contributed by atoms with van der Waals surface area (Å²) >= 11 is 1.62. The van der Waals surface area contributed by atoms with Gasteiger partial charge in [-0.2, -0.15) is 11.3 Å². The van der Waals surface area contributed by atoms with Crippen molar-refractivity contribution >= 4 is 23.1 Å². The van der Waals surface area contributed by atoms with E-state index in [1.807, 2.05) is 16.8 Å². The predicted octanol–water partition coefficient (Wildman–Crippen LogP) is 3.47. The van der Waals surface area contributed by atoms with E-state index in [1.165, 1.54) is 0 Å². The highest BCUT2D eigenvalue weighted by molar-refractivity contribution is 7.07. The summed E-state index contributed by atoms with van der Waals surface area (Å²) in [6.45, 7) is 2.29. The van der Waals surface area contributed by atoms with Gasteiger partial charge in [0.1, 0.15) is 0 Å². The zero-order valence-electron chi connectivity index (χ0n) is 11.5. The van der Waals surface area contributed by atoms with Crippen molar-refractivity contribution in [1.29, 1.82) is 0 Å². The van der Waals surface area contributed by atoms with Gasteiger partial charge in [0.25, 0.3) is 0 Å². The molecule has 2 aromatic rings. The van der Waals surface area contributed by atoms with Crippen LogP contribution in [0.15, 0.2) is 41.1 Å². The smallest absolute Gasteiger partial charge is 0.321 e. The lowest BCUT2D eigenvalue weighted by Crippen LogP contribution is -2.30. The number of aliphatic hydroxyl groups is 1. The molecule has 4 nitrogen and oxygen atoms in total. The third-order valence-corrected chi connectivity index (χ3v) is 3.72. The number of rotatable bonds is 4. The van der Waals surface area contributed by atoms with Crippen molar-refractivity contribution in [1.82, 2.24) is 4.90 Å². The monoisotopic (exact) mass is 290 g/mol. The van der Waals surface area contributed by atoms with E-state index in [1.54, 1.807) is 54.5 Å². The fourth-order valence-corrected chi connectivity index (χ4v) is 2.45. The Morgan fingerprint density at radius 3 is 2.60 bits per heavy atom. The van der Waals surface area contributed by atoms with Gasteiger partial charge in [0.05, 0.1) is 6.10 Å². The zero-order chi connectivity index (χ0) is 14.5. The van der Waals surface area contributed by atoms with E-state index >= 15 is 0 Å². The van der Waals surface area contributed by atoms with E-state index in [9.17, 15) is 9.90 Å². The number of carbonyl (C=O) groups excluding carboxylic acids is 1. The van der Waals surface area contributed by atoms with E-state index < -0.39 is 6.10 Å². The molecule has 1 unspecified atom stereocenters. The molecule has 106 valence electrons. The number of anilines is 1. The van der Waals surface area contributed by atoms with Crippen LogP contribution in [-0.2, 0) is 6.54 Å². The molecule has 0 saturated heterocycles. The minimum Gasteiger partial charge on any atom is -0.389 e. The van der Waals surface area contributed by atoms with Crippen LogP contribution in [0, 0.1) is 0 Å². The lowest BCUT2D eigenvalue weighted by molar-refractivity contribution is 0.199. The summed E-state index contributed by atoms with van der Waals surface area (Å²) < 4.78 is 0. The number of carbonyl (C=O) groups is 1. The maximum atomic E-state index is 12.0. The molecule has 1 atom stereocenters. The van der Waals surface area contributed by atoms with Crippen LogP contribution in [0.2, 0.25) is 0 Å². The summed E-state index contributed by atoms with van der Waals surface area (Å²) in [6, 6.07) is 9.04. The average molecular weight is 290 g/mol. The van der Waals surface area contributed by atoms with Gasteiger partial charge in [0.2, 0.25) is 0 Å². The van der Waals surface area contributed by atoms with Gasteiger partial charge in [-0.05, 0) is 47.0 Å². The van der Waals surface area contributed by atoms with Crippen molar-refractivity contribution in [3.05, 3.63) is 52.2 Å². The minimum atomic E-state index is -0.499. The summed E-state index contributed by atoms with van der Waals surface area (Å²) in [5, 5.41) is 16.3. The van der Waals surface area contributed by atoms with E-state index in [2.05, 4.69) is 5.32 Å². The second-order valence-electron chi connectivity index (χ2n) is 4.72. The molecule has 20 heavy (non-hydrogen) atoms. The first-order valence-corrected chi connectivity index (χ1v) is 7.32. The normalized spacial score (nSPS) is 11.9. The van der Waals surface area contributed by atoms with Crippen molar-refractivity contribution in [2.45, 2.75) is 19.6 Å². The molecule has 0 radical (unpaired) electrons. The van der Waals surface area contributed by atoms with E-state index in [0.717, 1.165) is 16.8 Å². The first-order valence-electron chi connectivity index (χ1n) is 6.37. The Hall–Kier alpha value is -1.85. The second-order valence-corrected chi connectivity index (χ2v) is 5.50. The molecule has 5 heteroatoms.